The number of nitrogen functional groups attached to an aromatic ring is 1. The molecule has 0 fully saturated rings. The lowest BCUT2D eigenvalue weighted by atomic mass is 9.82. The van der Waals surface area contributed by atoms with Gasteiger partial charge in [0.15, 0.2) is 0 Å². The number of fused-ring (bicyclic) bond motifs is 3. The van der Waals surface area contributed by atoms with Crippen molar-refractivity contribution in [3.05, 3.63) is 151 Å². The third-order valence-corrected chi connectivity index (χ3v) is 13.0. The van der Waals surface area contributed by atoms with Crippen molar-refractivity contribution in [2.75, 3.05) is 20.0 Å². The number of nitro groups is 2. The van der Waals surface area contributed by atoms with Crippen molar-refractivity contribution in [1.82, 2.24) is 9.97 Å². The SMILES string of the molecule is CC1c2ccc(CCc3ccc([N+](=O)[O-])cn3)cc2OC(=O)C1CC(=O)O.COC(=O)CC1C(=O)Oc2cc(CCc3ccc([N+](=O)[O-])cn3)ccc2C1C.COC(=O)CC1C(=O)Oc2cc(N)ccc2C1C. The average Bonchev–Trinajstić information content (AvgIpc) is 3.36. The summed E-state index contributed by atoms with van der Waals surface area (Å²) in [6, 6.07) is 22.6. The number of carbonyl (C=O) groups is 6. The monoisotopic (exact) mass is 1000 g/mol. The summed E-state index contributed by atoms with van der Waals surface area (Å²) in [5.41, 5.74) is 12.0. The summed E-state index contributed by atoms with van der Waals surface area (Å²) in [4.78, 5) is 98.6. The second-order valence-corrected chi connectivity index (χ2v) is 17.7. The van der Waals surface area contributed by atoms with Gasteiger partial charge in [-0.3, -0.25) is 59.0 Å². The van der Waals surface area contributed by atoms with Crippen molar-refractivity contribution in [1.29, 1.82) is 0 Å². The van der Waals surface area contributed by atoms with Crippen LogP contribution in [-0.4, -0.2) is 75.0 Å². The smallest absolute Gasteiger partial charge is 0.315 e. The van der Waals surface area contributed by atoms with E-state index >= 15 is 0 Å². The van der Waals surface area contributed by atoms with Crippen molar-refractivity contribution in [3.8, 4) is 17.2 Å². The molecule has 3 aromatic carbocycles. The standard InChI is InChI=1S/C20H20N2O6.C19H18N2O6.C13H15NO4/c1-12-16-8-4-13(3-5-14-6-7-15(11-21-14)22(25)26)9-18(16)28-20(24)17(12)10-19(23)27-2;1-11-15-7-3-12(2-4-13-5-6-14(10-20-13)21(25)26)8-17(15)27-19(24)16(11)9-18(22)23;1-7-9-4-3-8(14)5-11(9)18-13(16)10(7)6-12(15)17-2/h4,6-9,11-12,17H,3,5,10H2,1-2H3;3,5-8,10-11,16H,2,4,9H2,1H3,(H,22,23);3-5,7,10H,6,14H2,1-2H3. The van der Waals surface area contributed by atoms with Gasteiger partial charge in [-0.25, -0.2) is 0 Å². The van der Waals surface area contributed by atoms with Crippen LogP contribution in [0.5, 0.6) is 17.2 Å². The zero-order valence-electron chi connectivity index (χ0n) is 40.5. The van der Waals surface area contributed by atoms with E-state index in [-0.39, 0.29) is 48.4 Å². The van der Waals surface area contributed by atoms with Gasteiger partial charge >= 0.3 is 35.8 Å². The number of aryl methyl sites for hydroxylation is 4. The first kappa shape index (κ1) is 53.7. The number of esters is 5. The first-order valence-corrected chi connectivity index (χ1v) is 23.1. The van der Waals surface area contributed by atoms with E-state index in [0.29, 0.717) is 48.6 Å². The molecule has 5 heterocycles. The highest BCUT2D eigenvalue weighted by atomic mass is 16.6. The number of carboxylic acid groups (broad SMARTS) is 1. The number of aliphatic carboxylic acids is 1. The Morgan fingerprint density at radius 2 is 0.945 bits per heavy atom. The molecule has 5 aromatic rings. The number of carboxylic acids is 1. The highest BCUT2D eigenvalue weighted by molar-refractivity contribution is 5.86. The van der Waals surface area contributed by atoms with E-state index in [9.17, 15) is 49.0 Å². The average molecular weight is 1000 g/mol. The van der Waals surface area contributed by atoms with Crippen LogP contribution in [-0.2, 0) is 63.9 Å². The van der Waals surface area contributed by atoms with Crippen LogP contribution in [0.3, 0.4) is 0 Å². The lowest BCUT2D eigenvalue weighted by molar-refractivity contribution is -0.385. The lowest BCUT2D eigenvalue weighted by Gasteiger charge is -2.29. The molecule has 8 rings (SSSR count). The first-order chi connectivity index (χ1) is 34.8. The molecular formula is C52H53N5O16. The van der Waals surface area contributed by atoms with Gasteiger partial charge in [0.1, 0.15) is 29.6 Å². The molecule has 0 spiro atoms. The van der Waals surface area contributed by atoms with E-state index in [0.717, 1.165) is 39.2 Å². The first-order valence-electron chi connectivity index (χ1n) is 23.1. The van der Waals surface area contributed by atoms with E-state index < -0.39 is 63.4 Å². The van der Waals surface area contributed by atoms with Gasteiger partial charge in [-0.1, -0.05) is 51.1 Å². The van der Waals surface area contributed by atoms with Crippen molar-refractivity contribution in [2.24, 2.45) is 17.8 Å². The van der Waals surface area contributed by atoms with Crippen LogP contribution in [0.2, 0.25) is 0 Å². The zero-order valence-corrected chi connectivity index (χ0v) is 40.5. The molecule has 0 aliphatic carbocycles. The minimum absolute atomic E-state index is 0.0104. The van der Waals surface area contributed by atoms with Crippen molar-refractivity contribution in [3.63, 3.8) is 0 Å². The predicted molar refractivity (Wildman–Crippen MR) is 258 cm³/mol. The Morgan fingerprint density at radius 3 is 1.29 bits per heavy atom. The number of nitrogens with zero attached hydrogens (tertiary/aromatic N) is 4. The number of hydrogen-bond acceptors (Lipinski definition) is 18. The highest BCUT2D eigenvalue weighted by Crippen LogP contribution is 2.42. The molecule has 0 saturated carbocycles. The summed E-state index contributed by atoms with van der Waals surface area (Å²) in [5, 5.41) is 30.3. The van der Waals surface area contributed by atoms with Gasteiger partial charge < -0.3 is 34.5 Å². The van der Waals surface area contributed by atoms with Crippen LogP contribution >= 0.6 is 0 Å². The van der Waals surface area contributed by atoms with E-state index in [1.807, 2.05) is 57.2 Å². The molecule has 0 bridgehead atoms. The van der Waals surface area contributed by atoms with Gasteiger partial charge in [0.05, 0.1) is 61.1 Å². The maximum atomic E-state index is 12.3. The van der Waals surface area contributed by atoms with Crippen LogP contribution in [0.1, 0.15) is 97.0 Å². The fraction of sp³-hybridized carbons (Fsp3) is 0.346. The lowest BCUT2D eigenvalue weighted by Crippen LogP contribution is -2.32. The molecule has 3 aliphatic rings. The summed E-state index contributed by atoms with van der Waals surface area (Å²) in [5.74, 6) is -4.04. The Morgan fingerprint density at radius 1 is 0.575 bits per heavy atom. The van der Waals surface area contributed by atoms with E-state index in [1.54, 1.807) is 30.3 Å². The Hall–Kier alpha value is -8.62. The van der Waals surface area contributed by atoms with Crippen molar-refractivity contribution >= 4 is 52.9 Å². The van der Waals surface area contributed by atoms with E-state index in [4.69, 9.17) is 25.1 Å². The van der Waals surface area contributed by atoms with E-state index in [1.165, 1.54) is 38.7 Å². The number of anilines is 1. The van der Waals surface area contributed by atoms with Crippen molar-refractivity contribution < 1.29 is 67.4 Å². The van der Waals surface area contributed by atoms with Crippen LogP contribution in [0.15, 0.2) is 91.3 Å². The van der Waals surface area contributed by atoms with Gasteiger partial charge in [-0.05, 0) is 102 Å². The fourth-order valence-corrected chi connectivity index (χ4v) is 8.61. The van der Waals surface area contributed by atoms with E-state index in [2.05, 4.69) is 19.4 Å². The minimum atomic E-state index is -1.03. The summed E-state index contributed by atoms with van der Waals surface area (Å²) < 4.78 is 25.3. The van der Waals surface area contributed by atoms with Crippen LogP contribution in [0.4, 0.5) is 17.1 Å². The topological polar surface area (TPSA) is 307 Å². The van der Waals surface area contributed by atoms with Gasteiger partial charge in [0, 0.05) is 35.3 Å². The number of rotatable bonds is 14. The molecular weight excluding hydrogens is 951 g/mol. The highest BCUT2D eigenvalue weighted by Gasteiger charge is 2.39. The molecule has 73 heavy (non-hydrogen) atoms. The van der Waals surface area contributed by atoms with Gasteiger partial charge in [0.25, 0.3) is 11.4 Å². The third kappa shape index (κ3) is 13.6. The maximum Gasteiger partial charge on any atom is 0.315 e. The number of hydrogen-bond donors (Lipinski definition) is 2. The normalized spacial score (nSPS) is 19.2. The summed E-state index contributed by atoms with van der Waals surface area (Å²) in [6.07, 6.45) is 4.70. The molecule has 21 nitrogen and oxygen atoms in total. The number of methoxy groups -OCH3 is 2. The number of pyridine rings is 2. The van der Waals surface area contributed by atoms with Gasteiger partial charge in [-0.2, -0.15) is 0 Å². The minimum Gasteiger partial charge on any atom is -0.481 e. The molecule has 21 heteroatoms. The van der Waals surface area contributed by atoms with Crippen molar-refractivity contribution in [2.45, 2.75) is 83.5 Å². The number of carbonyl (C=O) groups excluding carboxylic acids is 5. The molecule has 6 atom stereocenters. The molecule has 3 N–H and O–H groups in total. The summed E-state index contributed by atoms with van der Waals surface area (Å²) in [6.45, 7) is 5.61. The number of aromatic nitrogens is 2. The molecule has 0 amide bonds. The molecule has 2 aromatic heterocycles. The Bertz CT molecular complexity index is 2910. The molecule has 0 saturated heterocycles. The third-order valence-electron chi connectivity index (χ3n) is 13.0. The Labute approximate surface area is 418 Å². The number of nitrogens with two attached hydrogens (primary N) is 1. The van der Waals surface area contributed by atoms with Gasteiger partial charge in [-0.15, -0.1) is 0 Å². The van der Waals surface area contributed by atoms with Crippen LogP contribution in [0.25, 0.3) is 0 Å². The fourth-order valence-electron chi connectivity index (χ4n) is 8.61. The summed E-state index contributed by atoms with van der Waals surface area (Å²) in [7, 11) is 2.59. The van der Waals surface area contributed by atoms with Crippen LogP contribution in [0, 0.1) is 38.0 Å². The van der Waals surface area contributed by atoms with Gasteiger partial charge in [0.2, 0.25) is 0 Å². The molecule has 3 aliphatic heterocycles. The molecule has 0 radical (unpaired) electrons. The quantitative estimate of drug-likeness (QED) is 0.0361. The number of ether oxygens (including phenoxy) is 5. The molecule has 6 unspecified atom stereocenters. The maximum absolute atomic E-state index is 12.3. The number of benzene rings is 3. The Kier molecular flexibility index (Phi) is 17.7. The Balaban J connectivity index is 0.000000183. The molecule has 382 valence electrons. The summed E-state index contributed by atoms with van der Waals surface area (Å²) >= 11 is 0. The second kappa shape index (κ2) is 24.0. The largest absolute Gasteiger partial charge is 0.481 e. The van der Waals surface area contributed by atoms with Crippen LogP contribution < -0.4 is 19.9 Å². The second-order valence-electron chi connectivity index (χ2n) is 17.7. The zero-order chi connectivity index (χ0) is 53.1. The predicted octanol–water partition coefficient (Wildman–Crippen LogP) is 7.34.